The average molecular weight is 267 g/mol. The van der Waals surface area contributed by atoms with Gasteiger partial charge in [0.1, 0.15) is 0 Å². The fourth-order valence-corrected chi connectivity index (χ4v) is 1.98. The molecule has 0 unspecified atom stereocenters. The number of aromatic nitrogens is 1. The first-order valence-corrected chi connectivity index (χ1v) is 6.61. The Morgan fingerprint density at radius 3 is 2.56 bits per heavy atom. The maximum atomic E-state index is 10.1. The summed E-state index contributed by atoms with van der Waals surface area (Å²) in [5.74, 6) is 0.657. The van der Waals surface area contributed by atoms with Crippen LogP contribution in [0.25, 0.3) is 0 Å². The minimum Gasteiger partial charge on any atom is -0.387 e. The summed E-state index contributed by atoms with van der Waals surface area (Å²) in [4.78, 5) is 4.59. The highest BCUT2D eigenvalue weighted by atomic mass is 32.1. The van der Waals surface area contributed by atoms with Crippen LogP contribution in [0.1, 0.15) is 69.9 Å². The van der Waals surface area contributed by atoms with Gasteiger partial charge in [0.15, 0.2) is 0 Å². The molecule has 102 valence electrons. The number of aliphatic hydroxyl groups is 1. The summed E-state index contributed by atoms with van der Waals surface area (Å²) in [6, 6.07) is 6.05. The molecule has 1 heterocycles. The Hall–Kier alpha value is -0.540. The summed E-state index contributed by atoms with van der Waals surface area (Å²) >= 11 is 0. The van der Waals surface area contributed by atoms with E-state index in [1.165, 1.54) is 12.8 Å². The van der Waals surface area contributed by atoms with E-state index in [1.807, 2.05) is 12.1 Å². The van der Waals surface area contributed by atoms with Crippen LogP contribution in [0.5, 0.6) is 0 Å². The summed E-state index contributed by atoms with van der Waals surface area (Å²) in [5, 5.41) is 10.1. The highest BCUT2D eigenvalue weighted by Gasteiger charge is 2.25. The highest BCUT2D eigenvalue weighted by molar-refractivity contribution is 7.59. The highest BCUT2D eigenvalue weighted by Crippen LogP contribution is 2.39. The minimum atomic E-state index is -0.409. The van der Waals surface area contributed by atoms with Crippen LogP contribution >= 0.6 is 13.5 Å². The van der Waals surface area contributed by atoms with Crippen molar-refractivity contribution in [3.05, 3.63) is 29.6 Å². The smallest absolute Gasteiger partial charge is 0.0960 e. The van der Waals surface area contributed by atoms with Crippen molar-refractivity contribution in [2.75, 3.05) is 0 Å². The van der Waals surface area contributed by atoms with Gasteiger partial charge in [-0.15, -0.1) is 0 Å². The van der Waals surface area contributed by atoms with Crippen molar-refractivity contribution in [2.45, 2.75) is 58.5 Å². The Morgan fingerprint density at radius 1 is 1.33 bits per heavy atom. The predicted molar refractivity (Wildman–Crippen MR) is 80.2 cm³/mol. The van der Waals surface area contributed by atoms with Crippen molar-refractivity contribution in [1.29, 1.82) is 0 Å². The first-order valence-electron chi connectivity index (χ1n) is 6.61. The zero-order chi connectivity index (χ0) is 12.5. The molecule has 1 aliphatic carbocycles. The second-order valence-electron chi connectivity index (χ2n) is 6.38. The molecule has 1 aliphatic rings. The number of pyridine rings is 1. The van der Waals surface area contributed by atoms with E-state index in [2.05, 4.69) is 31.8 Å². The lowest BCUT2D eigenvalue weighted by Crippen LogP contribution is -2.09. The standard InChI is InChI=1S/C15H23NO.H2S/c1-15(2,3)10-9-14(17)13-6-4-5-12(16-13)11-7-8-11;/h4-6,11,14,17H,7-10H2,1-3H3;1H2/t14-;/m0./s1. The average Bonchev–Trinajstić information content (AvgIpc) is 3.09. The minimum absolute atomic E-state index is 0. The lowest BCUT2D eigenvalue weighted by Gasteiger charge is -2.20. The molecular formula is C15H25NOS. The predicted octanol–water partition coefficient (Wildman–Crippen LogP) is 3.93. The van der Waals surface area contributed by atoms with Crippen LogP contribution in [-0.2, 0) is 0 Å². The van der Waals surface area contributed by atoms with Crippen LogP contribution in [0.4, 0.5) is 0 Å². The number of nitrogens with zero attached hydrogens (tertiary/aromatic N) is 1. The molecule has 1 fully saturated rings. The van der Waals surface area contributed by atoms with Crippen molar-refractivity contribution in [1.82, 2.24) is 4.98 Å². The number of hydrogen-bond donors (Lipinski definition) is 1. The fourth-order valence-electron chi connectivity index (χ4n) is 1.98. The molecule has 2 nitrogen and oxygen atoms in total. The fraction of sp³-hybridized carbons (Fsp3) is 0.667. The lowest BCUT2D eigenvalue weighted by atomic mass is 9.89. The molecule has 0 bridgehead atoms. The van der Waals surface area contributed by atoms with Crippen LogP contribution in [0.3, 0.4) is 0 Å². The first kappa shape index (κ1) is 15.5. The maximum Gasteiger partial charge on any atom is 0.0960 e. The molecule has 1 N–H and O–H groups in total. The summed E-state index contributed by atoms with van der Waals surface area (Å²) in [7, 11) is 0. The summed E-state index contributed by atoms with van der Waals surface area (Å²) in [6.07, 6.45) is 3.92. The van der Waals surface area contributed by atoms with E-state index in [0.717, 1.165) is 24.2 Å². The number of rotatable bonds is 4. The third-order valence-electron chi connectivity index (χ3n) is 3.30. The molecule has 18 heavy (non-hydrogen) atoms. The summed E-state index contributed by atoms with van der Waals surface area (Å²) in [5.41, 5.74) is 2.28. The van der Waals surface area contributed by atoms with E-state index in [9.17, 15) is 5.11 Å². The molecule has 0 aliphatic heterocycles. The monoisotopic (exact) mass is 267 g/mol. The van der Waals surface area contributed by atoms with Gasteiger partial charge in [-0.25, -0.2) is 0 Å². The van der Waals surface area contributed by atoms with Crippen LogP contribution in [-0.4, -0.2) is 10.1 Å². The molecule has 0 aromatic carbocycles. The first-order chi connectivity index (χ1) is 7.96. The van der Waals surface area contributed by atoms with Crippen molar-refractivity contribution >= 4 is 13.5 Å². The van der Waals surface area contributed by atoms with Gasteiger partial charge in [-0.1, -0.05) is 26.8 Å². The van der Waals surface area contributed by atoms with E-state index < -0.39 is 6.10 Å². The Bertz CT molecular complexity index is 382. The molecule has 2 rings (SSSR count). The quantitative estimate of drug-likeness (QED) is 0.896. The van der Waals surface area contributed by atoms with E-state index in [-0.39, 0.29) is 18.9 Å². The summed E-state index contributed by atoms with van der Waals surface area (Å²) in [6.45, 7) is 6.61. The van der Waals surface area contributed by atoms with Gasteiger partial charge in [-0.2, -0.15) is 13.5 Å². The van der Waals surface area contributed by atoms with Crippen molar-refractivity contribution < 1.29 is 5.11 Å². The molecule has 1 aromatic rings. The lowest BCUT2D eigenvalue weighted by molar-refractivity contribution is 0.143. The third-order valence-corrected chi connectivity index (χ3v) is 3.30. The van der Waals surface area contributed by atoms with Crippen molar-refractivity contribution in [2.24, 2.45) is 5.41 Å². The molecule has 0 radical (unpaired) electrons. The zero-order valence-corrected chi connectivity index (χ0v) is 12.6. The van der Waals surface area contributed by atoms with Gasteiger partial charge in [0, 0.05) is 11.6 Å². The van der Waals surface area contributed by atoms with Gasteiger partial charge < -0.3 is 5.11 Å². The van der Waals surface area contributed by atoms with Gasteiger partial charge in [-0.3, -0.25) is 4.98 Å². The zero-order valence-electron chi connectivity index (χ0n) is 11.6. The molecule has 1 saturated carbocycles. The Labute approximate surface area is 117 Å². The van der Waals surface area contributed by atoms with E-state index >= 15 is 0 Å². The van der Waals surface area contributed by atoms with Gasteiger partial charge in [-0.05, 0) is 43.2 Å². The van der Waals surface area contributed by atoms with Crippen molar-refractivity contribution in [3.8, 4) is 0 Å². The third kappa shape index (κ3) is 4.62. The molecule has 3 heteroatoms. The molecular weight excluding hydrogens is 242 g/mol. The molecule has 0 amide bonds. The van der Waals surface area contributed by atoms with Crippen molar-refractivity contribution in [3.63, 3.8) is 0 Å². The Morgan fingerprint density at radius 2 is 2.00 bits per heavy atom. The Balaban J connectivity index is 0.00000162. The largest absolute Gasteiger partial charge is 0.387 e. The SMILES string of the molecule is CC(C)(C)CC[C@H](O)c1cccc(C2CC2)n1.S. The van der Waals surface area contributed by atoms with Crippen LogP contribution in [0, 0.1) is 5.41 Å². The molecule has 0 saturated heterocycles. The number of hydrogen-bond acceptors (Lipinski definition) is 2. The van der Waals surface area contributed by atoms with Gasteiger partial charge in [0.05, 0.1) is 11.8 Å². The second kappa shape index (κ2) is 6.07. The summed E-state index contributed by atoms with van der Waals surface area (Å²) < 4.78 is 0. The van der Waals surface area contributed by atoms with Gasteiger partial charge in [0.2, 0.25) is 0 Å². The molecule has 0 spiro atoms. The van der Waals surface area contributed by atoms with E-state index in [0.29, 0.717) is 5.92 Å². The van der Waals surface area contributed by atoms with Gasteiger partial charge in [0.25, 0.3) is 0 Å². The second-order valence-corrected chi connectivity index (χ2v) is 6.38. The number of aliphatic hydroxyl groups excluding tert-OH is 1. The molecule has 1 atom stereocenters. The van der Waals surface area contributed by atoms with Crippen LogP contribution in [0.15, 0.2) is 18.2 Å². The topological polar surface area (TPSA) is 33.1 Å². The van der Waals surface area contributed by atoms with Crippen LogP contribution < -0.4 is 0 Å². The molecule has 1 aromatic heterocycles. The Kier molecular flexibility index (Phi) is 5.23. The maximum absolute atomic E-state index is 10.1. The normalized spacial score (nSPS) is 17.1. The van der Waals surface area contributed by atoms with Crippen LogP contribution in [0.2, 0.25) is 0 Å². The van der Waals surface area contributed by atoms with E-state index in [1.54, 1.807) is 0 Å². The van der Waals surface area contributed by atoms with Gasteiger partial charge >= 0.3 is 0 Å². The van der Waals surface area contributed by atoms with E-state index in [4.69, 9.17) is 0 Å².